The number of rotatable bonds is 5. The number of carbonyl (C=O) groups is 1. The maximum Gasteiger partial charge on any atom is 0.340 e. The molecule has 0 spiro atoms. The molecule has 1 aliphatic rings. The van der Waals surface area contributed by atoms with Crippen molar-refractivity contribution in [2.75, 3.05) is 6.61 Å². The van der Waals surface area contributed by atoms with Crippen molar-refractivity contribution in [1.29, 1.82) is 0 Å². The van der Waals surface area contributed by atoms with Crippen molar-refractivity contribution in [3.63, 3.8) is 0 Å². The van der Waals surface area contributed by atoms with E-state index in [1.54, 1.807) is 6.92 Å². The summed E-state index contributed by atoms with van der Waals surface area (Å²) in [5.74, 6) is 0.965. The minimum Gasteiger partial charge on any atom is -0.424 e. The Morgan fingerprint density at radius 3 is 2.78 bits per heavy atom. The summed E-state index contributed by atoms with van der Waals surface area (Å²) in [5, 5.41) is 0. The van der Waals surface area contributed by atoms with E-state index in [0.29, 0.717) is 18.3 Å². The van der Waals surface area contributed by atoms with Gasteiger partial charge in [-0.2, -0.15) is 0 Å². The van der Waals surface area contributed by atoms with Gasteiger partial charge in [0.25, 0.3) is 0 Å². The second kappa shape index (κ2) is 5.53. The first kappa shape index (κ1) is 13.1. The van der Waals surface area contributed by atoms with Crippen LogP contribution in [0.4, 0.5) is 0 Å². The van der Waals surface area contributed by atoms with Crippen LogP contribution in [0.2, 0.25) is 0 Å². The van der Waals surface area contributed by atoms with E-state index in [0.717, 1.165) is 11.1 Å². The van der Waals surface area contributed by atoms with Crippen LogP contribution in [0.3, 0.4) is 0 Å². The van der Waals surface area contributed by atoms with Gasteiger partial charge in [0.05, 0.1) is 6.61 Å². The summed E-state index contributed by atoms with van der Waals surface area (Å²) in [7, 11) is 0. The van der Waals surface area contributed by atoms with Gasteiger partial charge in [-0.15, -0.1) is 0 Å². The second-order valence-corrected chi connectivity index (χ2v) is 5.11. The van der Waals surface area contributed by atoms with E-state index in [4.69, 9.17) is 9.47 Å². The number of ether oxygens (including phenoxy) is 2. The number of esters is 1. The SMILES string of the molecule is Cc1ccc(C)c(OC(=O)C(C)OCC2CC2)c1. The van der Waals surface area contributed by atoms with Crippen molar-refractivity contribution < 1.29 is 14.3 Å². The zero-order valence-corrected chi connectivity index (χ0v) is 11.2. The van der Waals surface area contributed by atoms with Crippen molar-refractivity contribution in [3.05, 3.63) is 29.3 Å². The highest BCUT2D eigenvalue weighted by Crippen LogP contribution is 2.29. The van der Waals surface area contributed by atoms with Crippen LogP contribution < -0.4 is 4.74 Å². The molecule has 1 saturated carbocycles. The Hall–Kier alpha value is -1.35. The predicted molar refractivity (Wildman–Crippen MR) is 69.7 cm³/mol. The van der Waals surface area contributed by atoms with E-state index in [9.17, 15) is 4.79 Å². The zero-order chi connectivity index (χ0) is 13.1. The van der Waals surface area contributed by atoms with Gasteiger partial charge in [0.2, 0.25) is 0 Å². The summed E-state index contributed by atoms with van der Waals surface area (Å²) in [6, 6.07) is 5.83. The van der Waals surface area contributed by atoms with Gasteiger partial charge in [-0.05, 0) is 56.7 Å². The lowest BCUT2D eigenvalue weighted by Crippen LogP contribution is -2.26. The fourth-order valence-corrected chi connectivity index (χ4v) is 1.64. The van der Waals surface area contributed by atoms with Gasteiger partial charge in [-0.1, -0.05) is 12.1 Å². The number of hydrogen-bond acceptors (Lipinski definition) is 3. The van der Waals surface area contributed by atoms with Gasteiger partial charge < -0.3 is 9.47 Å². The average Bonchev–Trinajstić information content (AvgIpc) is 3.14. The summed E-state index contributed by atoms with van der Waals surface area (Å²) in [6.07, 6.45) is 1.95. The van der Waals surface area contributed by atoms with Gasteiger partial charge in [0, 0.05) is 0 Å². The lowest BCUT2D eigenvalue weighted by Gasteiger charge is -2.13. The summed E-state index contributed by atoms with van der Waals surface area (Å²) < 4.78 is 10.9. The van der Waals surface area contributed by atoms with Crippen LogP contribution in [0.15, 0.2) is 18.2 Å². The molecule has 3 heteroatoms. The van der Waals surface area contributed by atoms with Gasteiger partial charge in [0.15, 0.2) is 6.10 Å². The van der Waals surface area contributed by atoms with E-state index in [2.05, 4.69) is 0 Å². The molecular formula is C15H20O3. The highest BCUT2D eigenvalue weighted by atomic mass is 16.6. The summed E-state index contributed by atoms with van der Waals surface area (Å²) in [6.45, 7) is 6.32. The summed E-state index contributed by atoms with van der Waals surface area (Å²) in [5.41, 5.74) is 2.04. The standard InChI is InChI=1S/C15H20O3/c1-10-4-5-11(2)14(8-10)18-15(16)12(3)17-9-13-6-7-13/h4-5,8,12-13H,6-7,9H2,1-3H3. The molecule has 2 rings (SSSR count). The van der Waals surface area contributed by atoms with Crippen molar-refractivity contribution >= 4 is 5.97 Å². The van der Waals surface area contributed by atoms with Crippen LogP contribution in [0.25, 0.3) is 0 Å². The molecule has 0 heterocycles. The Labute approximate surface area is 108 Å². The zero-order valence-electron chi connectivity index (χ0n) is 11.2. The predicted octanol–water partition coefficient (Wildman–Crippen LogP) is 3.02. The molecule has 98 valence electrons. The molecule has 0 amide bonds. The molecular weight excluding hydrogens is 228 g/mol. The molecule has 1 aliphatic carbocycles. The van der Waals surface area contributed by atoms with E-state index in [1.807, 2.05) is 32.0 Å². The van der Waals surface area contributed by atoms with E-state index >= 15 is 0 Å². The molecule has 0 aromatic heterocycles. The van der Waals surface area contributed by atoms with Crippen LogP contribution in [-0.2, 0) is 9.53 Å². The van der Waals surface area contributed by atoms with E-state index < -0.39 is 6.10 Å². The first-order valence-corrected chi connectivity index (χ1v) is 6.47. The van der Waals surface area contributed by atoms with Crippen LogP contribution in [-0.4, -0.2) is 18.7 Å². The topological polar surface area (TPSA) is 35.5 Å². The summed E-state index contributed by atoms with van der Waals surface area (Å²) >= 11 is 0. The average molecular weight is 248 g/mol. The largest absolute Gasteiger partial charge is 0.424 e. The minimum atomic E-state index is -0.495. The minimum absolute atomic E-state index is 0.315. The molecule has 1 fully saturated rings. The third-order valence-electron chi connectivity index (χ3n) is 3.16. The van der Waals surface area contributed by atoms with Crippen LogP contribution >= 0.6 is 0 Å². The van der Waals surface area contributed by atoms with Gasteiger partial charge in [0.1, 0.15) is 5.75 Å². The lowest BCUT2D eigenvalue weighted by atomic mass is 10.1. The van der Waals surface area contributed by atoms with Crippen LogP contribution in [0.1, 0.15) is 30.9 Å². The number of aryl methyl sites for hydroxylation is 2. The second-order valence-electron chi connectivity index (χ2n) is 5.11. The van der Waals surface area contributed by atoms with Gasteiger partial charge >= 0.3 is 5.97 Å². The molecule has 1 unspecified atom stereocenters. The third kappa shape index (κ3) is 3.57. The van der Waals surface area contributed by atoms with Gasteiger partial charge in [-0.25, -0.2) is 4.79 Å². The first-order valence-electron chi connectivity index (χ1n) is 6.47. The Balaban J connectivity index is 1.90. The van der Waals surface area contributed by atoms with Crippen molar-refractivity contribution in [2.45, 2.75) is 39.7 Å². The monoisotopic (exact) mass is 248 g/mol. The van der Waals surface area contributed by atoms with Crippen molar-refractivity contribution in [1.82, 2.24) is 0 Å². The third-order valence-corrected chi connectivity index (χ3v) is 3.16. The Bertz CT molecular complexity index is 435. The quantitative estimate of drug-likeness (QED) is 0.593. The van der Waals surface area contributed by atoms with Crippen LogP contribution in [0.5, 0.6) is 5.75 Å². The van der Waals surface area contributed by atoms with E-state index in [1.165, 1.54) is 12.8 Å². The van der Waals surface area contributed by atoms with E-state index in [-0.39, 0.29) is 5.97 Å². The molecule has 3 nitrogen and oxygen atoms in total. The number of carbonyl (C=O) groups excluding carboxylic acids is 1. The lowest BCUT2D eigenvalue weighted by molar-refractivity contribution is -0.146. The molecule has 0 bridgehead atoms. The Kier molecular flexibility index (Phi) is 4.02. The number of hydrogen-bond donors (Lipinski definition) is 0. The van der Waals surface area contributed by atoms with Crippen molar-refractivity contribution in [2.24, 2.45) is 5.92 Å². The molecule has 0 N–H and O–H groups in total. The maximum atomic E-state index is 11.9. The van der Waals surface area contributed by atoms with Crippen LogP contribution in [0, 0.1) is 19.8 Å². The number of benzene rings is 1. The van der Waals surface area contributed by atoms with Crippen molar-refractivity contribution in [3.8, 4) is 5.75 Å². The first-order chi connectivity index (χ1) is 8.56. The highest BCUT2D eigenvalue weighted by molar-refractivity contribution is 5.77. The smallest absolute Gasteiger partial charge is 0.340 e. The fraction of sp³-hybridized carbons (Fsp3) is 0.533. The Morgan fingerprint density at radius 2 is 2.11 bits per heavy atom. The Morgan fingerprint density at radius 1 is 1.39 bits per heavy atom. The fourth-order valence-electron chi connectivity index (χ4n) is 1.64. The molecule has 0 radical (unpaired) electrons. The normalized spacial score (nSPS) is 16.4. The summed E-state index contributed by atoms with van der Waals surface area (Å²) in [4.78, 5) is 11.9. The molecule has 1 aromatic rings. The molecule has 0 aliphatic heterocycles. The highest BCUT2D eigenvalue weighted by Gasteiger charge is 2.25. The molecule has 0 saturated heterocycles. The maximum absolute atomic E-state index is 11.9. The molecule has 1 atom stereocenters. The van der Waals surface area contributed by atoms with Gasteiger partial charge in [-0.3, -0.25) is 0 Å². The molecule has 1 aromatic carbocycles. The molecule has 18 heavy (non-hydrogen) atoms.